The quantitative estimate of drug-likeness (QED) is 0.906. The number of benzene rings is 1. The van der Waals surface area contributed by atoms with E-state index in [2.05, 4.69) is 33.6 Å². The molecule has 0 bridgehead atoms. The number of hydrogen-bond donors (Lipinski definition) is 1. The summed E-state index contributed by atoms with van der Waals surface area (Å²) in [5, 5.41) is 7.62. The number of nitrogens with zero attached hydrogens (tertiary/aromatic N) is 3. The molecule has 0 radical (unpaired) electrons. The minimum Gasteiger partial charge on any atom is -0.497 e. The number of nitrogens with one attached hydrogen (secondary N) is 1. The van der Waals surface area contributed by atoms with Gasteiger partial charge in [-0.05, 0) is 30.5 Å². The zero-order valence-electron chi connectivity index (χ0n) is 11.3. The lowest BCUT2D eigenvalue weighted by Gasteiger charge is -2.21. The third kappa shape index (κ3) is 3.17. The van der Waals surface area contributed by atoms with Crippen molar-refractivity contribution in [1.29, 1.82) is 0 Å². The van der Waals surface area contributed by atoms with Crippen LogP contribution in [0.4, 0.5) is 5.69 Å². The Labute approximate surface area is 118 Å². The van der Waals surface area contributed by atoms with Crippen molar-refractivity contribution in [3.8, 4) is 0 Å². The molecule has 104 valence electrons. The summed E-state index contributed by atoms with van der Waals surface area (Å²) in [6, 6.07) is 8.27. The van der Waals surface area contributed by atoms with E-state index in [1.54, 1.807) is 18.9 Å². The van der Waals surface area contributed by atoms with Gasteiger partial charge in [-0.15, -0.1) is 0 Å². The van der Waals surface area contributed by atoms with Gasteiger partial charge < -0.3 is 10.1 Å². The van der Waals surface area contributed by atoms with E-state index in [4.69, 9.17) is 4.74 Å². The first kappa shape index (κ1) is 12.7. The maximum Gasteiger partial charge on any atom is 0.137 e. The van der Waals surface area contributed by atoms with Crippen molar-refractivity contribution in [1.82, 2.24) is 14.8 Å². The smallest absolute Gasteiger partial charge is 0.137 e. The van der Waals surface area contributed by atoms with Crippen LogP contribution in [0.1, 0.15) is 18.4 Å². The molecule has 1 aliphatic heterocycles. The number of rotatable bonds is 5. The minimum atomic E-state index is 0.249. The third-order valence-electron chi connectivity index (χ3n) is 3.36. The molecule has 0 saturated heterocycles. The van der Waals surface area contributed by atoms with Crippen LogP contribution >= 0.6 is 0 Å². The average Bonchev–Trinajstić information content (AvgIpc) is 3.00. The van der Waals surface area contributed by atoms with Gasteiger partial charge >= 0.3 is 0 Å². The normalized spacial score (nSPS) is 17.7. The van der Waals surface area contributed by atoms with Gasteiger partial charge in [0.15, 0.2) is 0 Å². The van der Waals surface area contributed by atoms with Gasteiger partial charge in [0.1, 0.15) is 18.8 Å². The fourth-order valence-electron chi connectivity index (χ4n) is 2.28. The van der Waals surface area contributed by atoms with E-state index in [1.165, 1.54) is 5.56 Å². The van der Waals surface area contributed by atoms with Crippen LogP contribution in [-0.2, 0) is 11.3 Å². The molecule has 2 aromatic rings. The van der Waals surface area contributed by atoms with E-state index in [1.807, 2.05) is 16.8 Å². The van der Waals surface area contributed by atoms with Gasteiger partial charge in [-0.25, -0.2) is 9.67 Å². The standard InChI is InChI=1S/C15H18N4O/c1-2-7-15(17-9-14-6-3-4-8-20-14)13(5-1)10-19-12-16-11-18-19/h1-2,4-5,7-8,11-12,14,17H,3,6,9-10H2/t14-/m1/s1. The molecule has 0 unspecified atom stereocenters. The average molecular weight is 270 g/mol. The van der Waals surface area contributed by atoms with E-state index in [-0.39, 0.29) is 6.10 Å². The van der Waals surface area contributed by atoms with Crippen molar-refractivity contribution in [3.63, 3.8) is 0 Å². The van der Waals surface area contributed by atoms with Crippen molar-refractivity contribution < 1.29 is 4.74 Å². The van der Waals surface area contributed by atoms with E-state index in [0.29, 0.717) is 6.54 Å². The van der Waals surface area contributed by atoms with E-state index >= 15 is 0 Å². The first-order valence-electron chi connectivity index (χ1n) is 6.86. The van der Waals surface area contributed by atoms with Gasteiger partial charge in [-0.3, -0.25) is 0 Å². The molecule has 5 nitrogen and oxygen atoms in total. The third-order valence-corrected chi connectivity index (χ3v) is 3.36. The highest BCUT2D eigenvalue weighted by molar-refractivity contribution is 5.51. The molecule has 0 aliphatic carbocycles. The fraction of sp³-hybridized carbons (Fsp3) is 0.333. The lowest BCUT2D eigenvalue weighted by molar-refractivity contribution is 0.135. The monoisotopic (exact) mass is 270 g/mol. The summed E-state index contributed by atoms with van der Waals surface area (Å²) in [4.78, 5) is 3.97. The number of anilines is 1. The summed E-state index contributed by atoms with van der Waals surface area (Å²) in [6.45, 7) is 1.54. The summed E-state index contributed by atoms with van der Waals surface area (Å²) in [6.07, 6.45) is 9.55. The predicted molar refractivity (Wildman–Crippen MR) is 77.3 cm³/mol. The largest absolute Gasteiger partial charge is 0.497 e. The molecule has 1 aliphatic rings. The lowest BCUT2D eigenvalue weighted by atomic mass is 10.1. The molecule has 1 atom stereocenters. The molecule has 5 heteroatoms. The first-order chi connectivity index (χ1) is 9.92. The number of aromatic nitrogens is 3. The van der Waals surface area contributed by atoms with Crippen LogP contribution in [0, 0.1) is 0 Å². The van der Waals surface area contributed by atoms with Gasteiger partial charge in [-0.1, -0.05) is 18.2 Å². The van der Waals surface area contributed by atoms with Crippen LogP contribution < -0.4 is 5.32 Å². The summed E-state index contributed by atoms with van der Waals surface area (Å²) in [7, 11) is 0. The second kappa shape index (κ2) is 6.23. The van der Waals surface area contributed by atoms with Gasteiger partial charge in [0.25, 0.3) is 0 Å². The molecular formula is C15H18N4O. The topological polar surface area (TPSA) is 52.0 Å². The Morgan fingerprint density at radius 2 is 2.30 bits per heavy atom. The SMILES string of the molecule is C1=CO[C@@H](CNc2ccccc2Cn2cncn2)CC1. The molecule has 2 heterocycles. The molecule has 1 N–H and O–H groups in total. The number of allylic oxidation sites excluding steroid dienone is 1. The summed E-state index contributed by atoms with van der Waals surface area (Å²) >= 11 is 0. The highest BCUT2D eigenvalue weighted by Gasteiger charge is 2.11. The summed E-state index contributed by atoms with van der Waals surface area (Å²) in [5.74, 6) is 0. The fourth-order valence-corrected chi connectivity index (χ4v) is 2.28. The second-order valence-electron chi connectivity index (χ2n) is 4.84. The van der Waals surface area contributed by atoms with Crippen LogP contribution in [0.25, 0.3) is 0 Å². The molecule has 0 saturated carbocycles. The highest BCUT2D eigenvalue weighted by atomic mass is 16.5. The van der Waals surface area contributed by atoms with Crippen molar-refractivity contribution in [2.45, 2.75) is 25.5 Å². The number of para-hydroxylation sites is 1. The van der Waals surface area contributed by atoms with Gasteiger partial charge in [0, 0.05) is 5.69 Å². The Morgan fingerprint density at radius 3 is 3.10 bits per heavy atom. The van der Waals surface area contributed by atoms with Crippen molar-refractivity contribution >= 4 is 5.69 Å². The molecule has 3 rings (SSSR count). The molecular weight excluding hydrogens is 252 g/mol. The maximum atomic E-state index is 5.57. The Kier molecular flexibility index (Phi) is 3.96. The zero-order valence-corrected chi connectivity index (χ0v) is 11.3. The maximum absolute atomic E-state index is 5.57. The predicted octanol–water partition coefficient (Wildman–Crippen LogP) is 2.43. The van der Waals surface area contributed by atoms with E-state index in [0.717, 1.165) is 25.1 Å². The van der Waals surface area contributed by atoms with Gasteiger partial charge in [-0.2, -0.15) is 5.10 Å². The lowest BCUT2D eigenvalue weighted by Crippen LogP contribution is -2.23. The second-order valence-corrected chi connectivity index (χ2v) is 4.84. The molecule has 0 spiro atoms. The van der Waals surface area contributed by atoms with Crippen LogP contribution in [0.3, 0.4) is 0 Å². The van der Waals surface area contributed by atoms with Crippen LogP contribution in [0.5, 0.6) is 0 Å². The summed E-state index contributed by atoms with van der Waals surface area (Å²) < 4.78 is 7.39. The Bertz CT molecular complexity index is 565. The highest BCUT2D eigenvalue weighted by Crippen LogP contribution is 2.17. The van der Waals surface area contributed by atoms with E-state index in [9.17, 15) is 0 Å². The molecule has 0 amide bonds. The van der Waals surface area contributed by atoms with Crippen molar-refractivity contribution in [2.24, 2.45) is 0 Å². The summed E-state index contributed by atoms with van der Waals surface area (Å²) in [5.41, 5.74) is 2.32. The number of hydrogen-bond acceptors (Lipinski definition) is 4. The van der Waals surface area contributed by atoms with Crippen LogP contribution in [0.15, 0.2) is 49.3 Å². The zero-order chi connectivity index (χ0) is 13.6. The van der Waals surface area contributed by atoms with Crippen LogP contribution in [0.2, 0.25) is 0 Å². The molecule has 0 fully saturated rings. The molecule has 1 aromatic heterocycles. The molecule has 1 aromatic carbocycles. The first-order valence-corrected chi connectivity index (χ1v) is 6.86. The minimum absolute atomic E-state index is 0.249. The molecule has 20 heavy (non-hydrogen) atoms. The Morgan fingerprint density at radius 1 is 1.35 bits per heavy atom. The van der Waals surface area contributed by atoms with Crippen LogP contribution in [-0.4, -0.2) is 27.4 Å². The van der Waals surface area contributed by atoms with Gasteiger partial charge in [0.05, 0.1) is 19.4 Å². The van der Waals surface area contributed by atoms with Crippen molar-refractivity contribution in [2.75, 3.05) is 11.9 Å². The van der Waals surface area contributed by atoms with E-state index < -0.39 is 0 Å². The van der Waals surface area contributed by atoms with Gasteiger partial charge in [0.2, 0.25) is 0 Å². The van der Waals surface area contributed by atoms with Crippen molar-refractivity contribution in [3.05, 3.63) is 54.8 Å². The Balaban J connectivity index is 1.64. The number of ether oxygens (including phenoxy) is 1. The Hall–Kier alpha value is -2.30.